The minimum atomic E-state index is 0.0972. The molecule has 1 rings (SSSR count). The predicted octanol–water partition coefficient (Wildman–Crippen LogP) is 0.184. The van der Waals surface area contributed by atoms with Gasteiger partial charge in [-0.25, -0.2) is 0 Å². The maximum atomic E-state index is 7.75. The lowest BCUT2D eigenvalue weighted by atomic mass is 10.1. The molecule has 0 atom stereocenters. The molecule has 1 saturated heterocycles. The first-order valence-corrected chi connectivity index (χ1v) is 4.75. The summed E-state index contributed by atoms with van der Waals surface area (Å²) >= 11 is 0. The van der Waals surface area contributed by atoms with Crippen molar-refractivity contribution in [2.75, 3.05) is 40.3 Å². The number of nitrogens with two attached hydrogens (primary N) is 1. The fraction of sp³-hybridized carbons (Fsp3) is 1.00. The Hall–Kier alpha value is -0.120. The van der Waals surface area contributed by atoms with Crippen LogP contribution in [0.15, 0.2) is 0 Å². The first-order chi connectivity index (χ1) is 5.62. The molecule has 0 spiro atoms. The smallest absolute Gasteiger partial charge is 0.0782 e. The Bertz CT molecular complexity index is 94.7. The van der Waals surface area contributed by atoms with E-state index in [4.69, 9.17) is 10.8 Å². The molecule has 0 aromatic rings. The van der Waals surface area contributed by atoms with Crippen molar-refractivity contribution in [3.05, 3.63) is 0 Å². The Morgan fingerprint density at radius 1 is 1.17 bits per heavy atom. The predicted molar refractivity (Wildman–Crippen MR) is 51.8 cm³/mol. The highest BCUT2D eigenvalue weighted by Gasteiger charge is 2.17. The summed E-state index contributed by atoms with van der Waals surface area (Å²) in [5.74, 6) is 0. The van der Waals surface area contributed by atoms with Gasteiger partial charge >= 0.3 is 0 Å². The van der Waals surface area contributed by atoms with Gasteiger partial charge in [-0.1, -0.05) is 0 Å². The van der Waals surface area contributed by atoms with Crippen molar-refractivity contribution in [3.63, 3.8) is 0 Å². The summed E-state index contributed by atoms with van der Waals surface area (Å²) in [5, 5.41) is 7.75. The van der Waals surface area contributed by atoms with Gasteiger partial charge in [0.15, 0.2) is 0 Å². The van der Waals surface area contributed by atoms with Gasteiger partial charge < -0.3 is 15.3 Å². The van der Waals surface area contributed by atoms with Gasteiger partial charge in [-0.15, -0.1) is 0 Å². The van der Waals surface area contributed by atoms with E-state index >= 15 is 0 Å². The van der Waals surface area contributed by atoms with Crippen LogP contribution in [0.5, 0.6) is 0 Å². The van der Waals surface area contributed by atoms with Gasteiger partial charge in [0.1, 0.15) is 0 Å². The summed E-state index contributed by atoms with van der Waals surface area (Å²) in [6.45, 7) is 3.25. The van der Waals surface area contributed by atoms with Crippen molar-refractivity contribution < 1.29 is 9.59 Å². The van der Waals surface area contributed by atoms with Crippen molar-refractivity contribution in [3.8, 4) is 0 Å². The zero-order chi connectivity index (χ0) is 9.45. The van der Waals surface area contributed by atoms with Gasteiger partial charge in [0.25, 0.3) is 0 Å². The number of hydrogen-bond donors (Lipinski definition) is 2. The fourth-order valence-electron chi connectivity index (χ4n) is 1.37. The molecule has 0 saturated carbocycles. The molecule has 74 valence electrons. The van der Waals surface area contributed by atoms with E-state index in [2.05, 4.69) is 14.1 Å². The zero-order valence-electron chi connectivity index (χ0n) is 8.42. The second kappa shape index (κ2) is 6.40. The Morgan fingerprint density at radius 2 is 1.58 bits per heavy atom. The van der Waals surface area contributed by atoms with Crippen LogP contribution in [0.3, 0.4) is 0 Å². The Balaban J connectivity index is 0.000000261. The summed E-state index contributed by atoms with van der Waals surface area (Å²) < 4.78 is 1.25. The molecule has 3 nitrogen and oxygen atoms in total. The van der Waals surface area contributed by atoms with E-state index in [0.717, 1.165) is 0 Å². The number of rotatable bonds is 1. The maximum absolute atomic E-state index is 7.75. The Labute approximate surface area is 75.8 Å². The molecule has 1 aliphatic rings. The lowest BCUT2D eigenvalue weighted by Gasteiger charge is -2.33. The summed E-state index contributed by atoms with van der Waals surface area (Å²) in [5.41, 5.74) is 4.78. The first-order valence-electron chi connectivity index (χ1n) is 4.75. The minimum Gasteiger partial charge on any atom is -0.395 e. The number of aliphatic hydroxyl groups excluding tert-OH is 1. The van der Waals surface area contributed by atoms with E-state index in [0.29, 0.717) is 6.54 Å². The van der Waals surface area contributed by atoms with E-state index < -0.39 is 0 Å². The number of piperidine rings is 1. The van der Waals surface area contributed by atoms with E-state index in [9.17, 15) is 0 Å². The van der Waals surface area contributed by atoms with Crippen LogP contribution in [0.4, 0.5) is 0 Å². The minimum absolute atomic E-state index is 0.0972. The van der Waals surface area contributed by atoms with Crippen LogP contribution in [-0.4, -0.2) is 49.9 Å². The van der Waals surface area contributed by atoms with Gasteiger partial charge in [0, 0.05) is 6.54 Å². The van der Waals surface area contributed by atoms with Crippen LogP contribution >= 0.6 is 0 Å². The number of aliphatic hydroxyl groups is 1. The van der Waals surface area contributed by atoms with Crippen LogP contribution in [0.2, 0.25) is 0 Å². The monoisotopic (exact) mass is 175 g/mol. The van der Waals surface area contributed by atoms with Crippen LogP contribution in [0, 0.1) is 0 Å². The highest BCUT2D eigenvalue weighted by Crippen LogP contribution is 2.12. The molecular formula is C9H23N2O+. The molecule has 1 fully saturated rings. The maximum Gasteiger partial charge on any atom is 0.0782 e. The van der Waals surface area contributed by atoms with Crippen molar-refractivity contribution >= 4 is 0 Å². The summed E-state index contributed by atoms with van der Waals surface area (Å²) in [6, 6.07) is 0. The van der Waals surface area contributed by atoms with Crippen LogP contribution in [0.25, 0.3) is 0 Å². The molecule has 12 heavy (non-hydrogen) atoms. The third-order valence-electron chi connectivity index (χ3n) is 2.16. The second-order valence-corrected chi connectivity index (χ2v) is 3.96. The van der Waals surface area contributed by atoms with Crippen LogP contribution < -0.4 is 5.73 Å². The quantitative estimate of drug-likeness (QED) is 0.559. The third-order valence-corrected chi connectivity index (χ3v) is 2.16. The lowest BCUT2D eigenvalue weighted by Crippen LogP contribution is -2.43. The van der Waals surface area contributed by atoms with Crippen molar-refractivity contribution in [2.45, 2.75) is 19.3 Å². The zero-order valence-corrected chi connectivity index (χ0v) is 8.42. The van der Waals surface area contributed by atoms with Crippen molar-refractivity contribution in [2.24, 2.45) is 5.73 Å². The van der Waals surface area contributed by atoms with Gasteiger partial charge in [0.2, 0.25) is 0 Å². The number of hydrogen-bond acceptors (Lipinski definition) is 2. The highest BCUT2D eigenvalue weighted by atomic mass is 16.3. The van der Waals surface area contributed by atoms with Crippen molar-refractivity contribution in [1.82, 2.24) is 0 Å². The molecule has 0 aliphatic carbocycles. The van der Waals surface area contributed by atoms with E-state index in [1.165, 1.54) is 36.8 Å². The molecular weight excluding hydrogens is 152 g/mol. The molecule has 0 bridgehead atoms. The summed E-state index contributed by atoms with van der Waals surface area (Å²) in [4.78, 5) is 0. The van der Waals surface area contributed by atoms with E-state index in [1.807, 2.05) is 0 Å². The SMILES string of the molecule is C[N+]1(C)CCCCC1.NCCO. The molecule has 1 aliphatic heterocycles. The molecule has 0 unspecified atom stereocenters. The topological polar surface area (TPSA) is 46.2 Å². The van der Waals surface area contributed by atoms with Crippen LogP contribution in [0.1, 0.15) is 19.3 Å². The molecule has 0 amide bonds. The van der Waals surface area contributed by atoms with Gasteiger partial charge in [-0.2, -0.15) is 0 Å². The lowest BCUT2D eigenvalue weighted by molar-refractivity contribution is -0.894. The van der Waals surface area contributed by atoms with Gasteiger partial charge in [-0.05, 0) is 19.3 Å². The van der Waals surface area contributed by atoms with Crippen LogP contribution in [-0.2, 0) is 0 Å². The standard InChI is InChI=1S/C7H16N.C2H7NO/c1-8(2)6-4-3-5-7-8;3-1-2-4/h3-7H2,1-2H3;4H,1-3H2/q+1;. The molecule has 3 N–H and O–H groups in total. The largest absolute Gasteiger partial charge is 0.395 e. The summed E-state index contributed by atoms with van der Waals surface area (Å²) in [7, 11) is 4.64. The Kier molecular flexibility index (Phi) is 6.34. The second-order valence-electron chi connectivity index (χ2n) is 3.96. The third kappa shape index (κ3) is 6.58. The first kappa shape index (κ1) is 11.9. The number of quaternary nitrogens is 1. The average molecular weight is 175 g/mol. The van der Waals surface area contributed by atoms with E-state index in [-0.39, 0.29) is 6.61 Å². The molecule has 0 radical (unpaired) electrons. The van der Waals surface area contributed by atoms with Gasteiger partial charge in [0.05, 0.1) is 33.8 Å². The Morgan fingerprint density at radius 3 is 1.75 bits per heavy atom. The number of nitrogens with zero attached hydrogens (tertiary/aromatic N) is 1. The van der Waals surface area contributed by atoms with Crippen molar-refractivity contribution in [1.29, 1.82) is 0 Å². The average Bonchev–Trinajstić information content (AvgIpc) is 2.05. The van der Waals surface area contributed by atoms with E-state index in [1.54, 1.807) is 0 Å². The van der Waals surface area contributed by atoms with Gasteiger partial charge in [-0.3, -0.25) is 0 Å². The molecule has 1 heterocycles. The fourth-order valence-corrected chi connectivity index (χ4v) is 1.37. The molecule has 0 aromatic heterocycles. The number of likely N-dealkylation sites (tertiary alicyclic amines) is 1. The molecule has 3 heteroatoms. The highest BCUT2D eigenvalue weighted by molar-refractivity contribution is 4.47. The summed E-state index contributed by atoms with van der Waals surface area (Å²) in [6.07, 6.45) is 4.34. The normalized spacial score (nSPS) is 21.0. The molecule has 0 aromatic carbocycles.